The maximum absolute atomic E-state index is 9.73. The summed E-state index contributed by atoms with van der Waals surface area (Å²) in [6.07, 6.45) is 5.71. The summed E-state index contributed by atoms with van der Waals surface area (Å²) >= 11 is 1.71. The molecule has 1 fully saturated rings. The van der Waals surface area contributed by atoms with E-state index in [2.05, 4.69) is 30.3 Å². The Bertz CT molecular complexity index is 555. The molecule has 1 aliphatic carbocycles. The molecule has 1 saturated carbocycles. The van der Waals surface area contributed by atoms with Gasteiger partial charge in [0.2, 0.25) is 0 Å². The number of nitrogens with zero attached hydrogens (tertiary/aromatic N) is 1. The first-order valence-corrected chi connectivity index (χ1v) is 8.30. The van der Waals surface area contributed by atoms with Gasteiger partial charge in [0.05, 0.1) is 11.8 Å². The minimum atomic E-state index is -0.476. The second-order valence-corrected chi connectivity index (χ2v) is 6.62. The van der Waals surface area contributed by atoms with Crippen LogP contribution in [0.5, 0.6) is 0 Å². The average Bonchev–Trinajstić information content (AvgIpc) is 2.99. The Kier molecular flexibility index (Phi) is 3.90. The average molecular weight is 287 g/mol. The first-order chi connectivity index (χ1) is 9.72. The lowest BCUT2D eigenvalue weighted by molar-refractivity contribution is 0.194. The van der Waals surface area contributed by atoms with Gasteiger partial charge in [-0.25, -0.2) is 4.98 Å². The quantitative estimate of drug-likeness (QED) is 0.905. The van der Waals surface area contributed by atoms with Crippen LogP contribution < -0.4 is 0 Å². The van der Waals surface area contributed by atoms with Crippen LogP contribution in [0.4, 0.5) is 0 Å². The summed E-state index contributed by atoms with van der Waals surface area (Å²) in [5, 5.41) is 12.9. The van der Waals surface area contributed by atoms with Gasteiger partial charge in [-0.3, -0.25) is 0 Å². The Hall–Kier alpha value is -1.19. The molecule has 1 unspecified atom stereocenters. The number of aromatic nitrogens is 1. The van der Waals surface area contributed by atoms with E-state index >= 15 is 0 Å². The summed E-state index contributed by atoms with van der Waals surface area (Å²) in [4.78, 5) is 4.75. The Labute approximate surface area is 124 Å². The number of aliphatic hydroxyl groups excluding tert-OH is 1. The number of aliphatic hydroxyl groups is 1. The highest BCUT2D eigenvalue weighted by Crippen LogP contribution is 2.46. The summed E-state index contributed by atoms with van der Waals surface area (Å²) in [7, 11) is 0. The number of rotatable bonds is 3. The molecule has 0 amide bonds. The predicted molar refractivity (Wildman–Crippen MR) is 83.1 cm³/mol. The number of hydrogen-bond acceptors (Lipinski definition) is 3. The van der Waals surface area contributed by atoms with Crippen LogP contribution in [0.15, 0.2) is 35.7 Å². The molecule has 3 rings (SSSR count). The second-order valence-electron chi connectivity index (χ2n) is 5.76. The molecule has 0 aliphatic heterocycles. The highest BCUT2D eigenvalue weighted by Gasteiger charge is 2.38. The summed E-state index contributed by atoms with van der Waals surface area (Å²) in [6, 6.07) is 10.8. The summed E-state index contributed by atoms with van der Waals surface area (Å²) in [6.45, 7) is 1.79. The molecule has 1 atom stereocenters. The van der Waals surface area contributed by atoms with Gasteiger partial charge in [0.1, 0.15) is 5.01 Å². The van der Waals surface area contributed by atoms with Crippen molar-refractivity contribution >= 4 is 11.3 Å². The first-order valence-electron chi connectivity index (χ1n) is 7.42. The van der Waals surface area contributed by atoms with E-state index in [1.54, 1.807) is 18.3 Å². The molecule has 20 heavy (non-hydrogen) atoms. The van der Waals surface area contributed by atoms with Crippen LogP contribution in [-0.2, 0) is 5.41 Å². The van der Waals surface area contributed by atoms with Gasteiger partial charge in [0.15, 0.2) is 0 Å². The Balaban J connectivity index is 2.05. The molecule has 1 aliphatic rings. The molecule has 1 aromatic carbocycles. The standard InChI is InChI=1S/C17H21NOS/c1-13(19)15-12-20-16(18-15)17(10-6-3-7-11-17)14-8-4-2-5-9-14/h2,4-5,8-9,12-13,19H,3,6-7,10-11H2,1H3. The third-order valence-electron chi connectivity index (χ3n) is 4.39. The van der Waals surface area contributed by atoms with Gasteiger partial charge in [0.25, 0.3) is 0 Å². The van der Waals surface area contributed by atoms with Crippen molar-refractivity contribution < 1.29 is 5.11 Å². The van der Waals surface area contributed by atoms with Gasteiger partial charge in [0, 0.05) is 10.8 Å². The molecule has 2 nitrogen and oxygen atoms in total. The van der Waals surface area contributed by atoms with E-state index in [1.807, 2.05) is 5.38 Å². The molecule has 1 heterocycles. The molecule has 0 spiro atoms. The summed E-state index contributed by atoms with van der Waals surface area (Å²) in [5.41, 5.74) is 2.26. The number of thiazole rings is 1. The molecule has 106 valence electrons. The van der Waals surface area contributed by atoms with E-state index in [0.29, 0.717) is 0 Å². The van der Waals surface area contributed by atoms with Gasteiger partial charge in [-0.05, 0) is 25.3 Å². The lowest BCUT2D eigenvalue weighted by Crippen LogP contribution is -2.30. The normalized spacial score (nSPS) is 19.7. The Morgan fingerprint density at radius 1 is 1.15 bits per heavy atom. The van der Waals surface area contributed by atoms with E-state index in [9.17, 15) is 5.11 Å². The van der Waals surface area contributed by atoms with E-state index in [1.165, 1.54) is 42.7 Å². The summed E-state index contributed by atoms with van der Waals surface area (Å²) in [5.74, 6) is 0. The molecule has 2 aromatic rings. The first kappa shape index (κ1) is 13.8. The lowest BCUT2D eigenvalue weighted by Gasteiger charge is -2.36. The zero-order valence-electron chi connectivity index (χ0n) is 11.9. The maximum Gasteiger partial charge on any atom is 0.104 e. The van der Waals surface area contributed by atoms with Crippen molar-refractivity contribution in [3.8, 4) is 0 Å². The fourth-order valence-corrected chi connectivity index (χ4v) is 4.42. The van der Waals surface area contributed by atoms with Crippen LogP contribution in [0.1, 0.15) is 61.4 Å². The van der Waals surface area contributed by atoms with Crippen molar-refractivity contribution in [1.29, 1.82) is 0 Å². The van der Waals surface area contributed by atoms with Crippen molar-refractivity contribution in [2.75, 3.05) is 0 Å². The summed E-state index contributed by atoms with van der Waals surface area (Å²) < 4.78 is 0. The fourth-order valence-electron chi connectivity index (χ4n) is 3.24. The zero-order chi connectivity index (χ0) is 14.0. The van der Waals surface area contributed by atoms with Gasteiger partial charge >= 0.3 is 0 Å². The third kappa shape index (κ3) is 2.40. The highest BCUT2D eigenvalue weighted by atomic mass is 32.1. The Morgan fingerprint density at radius 2 is 1.85 bits per heavy atom. The molecular weight excluding hydrogens is 266 g/mol. The topological polar surface area (TPSA) is 33.1 Å². The number of benzene rings is 1. The lowest BCUT2D eigenvalue weighted by atomic mass is 9.70. The maximum atomic E-state index is 9.73. The van der Waals surface area contributed by atoms with Gasteiger partial charge < -0.3 is 5.11 Å². The van der Waals surface area contributed by atoms with Crippen LogP contribution in [0.3, 0.4) is 0 Å². The van der Waals surface area contributed by atoms with Crippen molar-refractivity contribution in [1.82, 2.24) is 4.98 Å². The monoisotopic (exact) mass is 287 g/mol. The number of hydrogen-bond donors (Lipinski definition) is 1. The predicted octanol–water partition coefficient (Wildman–Crippen LogP) is 4.45. The molecule has 3 heteroatoms. The van der Waals surface area contributed by atoms with Crippen molar-refractivity contribution in [3.63, 3.8) is 0 Å². The van der Waals surface area contributed by atoms with Gasteiger partial charge in [-0.2, -0.15) is 0 Å². The van der Waals surface area contributed by atoms with E-state index in [4.69, 9.17) is 4.98 Å². The molecular formula is C17H21NOS. The molecule has 0 saturated heterocycles. The Morgan fingerprint density at radius 3 is 2.45 bits per heavy atom. The smallest absolute Gasteiger partial charge is 0.104 e. The fraction of sp³-hybridized carbons (Fsp3) is 0.471. The van der Waals surface area contributed by atoms with Gasteiger partial charge in [-0.1, -0.05) is 49.6 Å². The van der Waals surface area contributed by atoms with Crippen molar-refractivity contribution in [3.05, 3.63) is 52.0 Å². The SMILES string of the molecule is CC(O)c1csc(C2(c3ccccc3)CCCCC2)n1. The zero-order valence-corrected chi connectivity index (χ0v) is 12.7. The molecule has 1 N–H and O–H groups in total. The second kappa shape index (κ2) is 5.66. The van der Waals surface area contributed by atoms with Crippen molar-refractivity contribution in [2.45, 2.75) is 50.5 Å². The van der Waals surface area contributed by atoms with Crippen LogP contribution in [-0.4, -0.2) is 10.1 Å². The van der Waals surface area contributed by atoms with Crippen LogP contribution in [0.25, 0.3) is 0 Å². The van der Waals surface area contributed by atoms with E-state index in [-0.39, 0.29) is 5.41 Å². The van der Waals surface area contributed by atoms with Crippen LogP contribution in [0, 0.1) is 0 Å². The minimum Gasteiger partial charge on any atom is -0.387 e. The van der Waals surface area contributed by atoms with Gasteiger partial charge in [-0.15, -0.1) is 11.3 Å². The largest absolute Gasteiger partial charge is 0.387 e. The highest BCUT2D eigenvalue weighted by molar-refractivity contribution is 7.09. The third-order valence-corrected chi connectivity index (χ3v) is 5.46. The molecule has 0 radical (unpaired) electrons. The van der Waals surface area contributed by atoms with E-state index in [0.717, 1.165) is 5.69 Å². The molecule has 1 aromatic heterocycles. The van der Waals surface area contributed by atoms with Crippen molar-refractivity contribution in [2.24, 2.45) is 0 Å². The van der Waals surface area contributed by atoms with E-state index < -0.39 is 6.10 Å². The minimum absolute atomic E-state index is 0.0668. The van der Waals surface area contributed by atoms with Crippen LogP contribution >= 0.6 is 11.3 Å². The van der Waals surface area contributed by atoms with Crippen LogP contribution in [0.2, 0.25) is 0 Å². The molecule has 0 bridgehead atoms.